The summed E-state index contributed by atoms with van der Waals surface area (Å²) in [4.78, 5) is 8.34. The Hall–Kier alpha value is -2.50. The zero-order chi connectivity index (χ0) is 17.4. The molecule has 6 nitrogen and oxygen atoms in total. The number of hydrogen-bond donors (Lipinski definition) is 0. The maximum Gasteiger partial charge on any atom is 2.00 e. The maximum atomic E-state index is 11.7. The van der Waals surface area contributed by atoms with Crippen LogP contribution >= 0.6 is 0 Å². The molecular weight excluding hydrogens is 364 g/mol. The molecule has 0 saturated carbocycles. The smallest absolute Gasteiger partial charge is 0.872 e. The van der Waals surface area contributed by atoms with Gasteiger partial charge < -0.3 is 19.7 Å². The van der Waals surface area contributed by atoms with Gasteiger partial charge in [-0.2, -0.15) is 0 Å². The molecule has 0 amide bonds. The predicted octanol–water partition coefficient (Wildman–Crippen LogP) is 1.39. The van der Waals surface area contributed by atoms with Gasteiger partial charge in [-0.1, -0.05) is 23.6 Å². The van der Waals surface area contributed by atoms with Gasteiger partial charge in [0.2, 0.25) is 0 Å². The van der Waals surface area contributed by atoms with Crippen molar-refractivity contribution in [2.24, 2.45) is 9.98 Å². The van der Waals surface area contributed by atoms with Crippen molar-refractivity contribution in [3.63, 3.8) is 0 Å². The summed E-state index contributed by atoms with van der Waals surface area (Å²) in [7, 11) is 3.08. The minimum absolute atomic E-state index is 0. The van der Waals surface area contributed by atoms with E-state index in [4.69, 9.17) is 9.47 Å². The van der Waals surface area contributed by atoms with Crippen LogP contribution in [0.4, 0.5) is 0 Å². The largest absolute Gasteiger partial charge is 2.00 e. The first kappa shape index (κ1) is 20.5. The van der Waals surface area contributed by atoms with Gasteiger partial charge in [-0.25, -0.2) is 0 Å². The van der Waals surface area contributed by atoms with Gasteiger partial charge in [0.15, 0.2) is 0 Å². The minimum Gasteiger partial charge on any atom is -0.872 e. The van der Waals surface area contributed by atoms with Crippen LogP contribution in [0.15, 0.2) is 46.4 Å². The van der Waals surface area contributed by atoms with Gasteiger partial charge >= 0.3 is 17.1 Å². The first-order valence-electron chi connectivity index (χ1n) is 7.34. The average molecular weight is 382 g/mol. The fourth-order valence-electron chi connectivity index (χ4n) is 1.95. The normalized spacial score (nSPS) is 10.8. The summed E-state index contributed by atoms with van der Waals surface area (Å²) in [6.07, 6.45) is 3.01. The first-order chi connectivity index (χ1) is 11.6. The second-order valence-corrected chi connectivity index (χ2v) is 4.88. The molecule has 0 atom stereocenters. The molecule has 0 heterocycles. The standard InChI is InChI=1S/C18H20N2O4.Fe/c1-23-15-3-5-17(21)13(9-15)11-19-7-8-20-12-14-10-16(24-2)4-6-18(14)22;/h3-6,9-12,21-22H,7-8H2,1-2H3;/q;+2/p-2. The molecule has 0 radical (unpaired) electrons. The van der Waals surface area contributed by atoms with Crippen LogP contribution in [-0.4, -0.2) is 39.7 Å². The molecule has 0 saturated heterocycles. The molecule has 0 aromatic heterocycles. The van der Waals surface area contributed by atoms with Crippen molar-refractivity contribution in [2.45, 2.75) is 0 Å². The number of aliphatic imine (C=N–C) groups is 2. The molecule has 0 fully saturated rings. The van der Waals surface area contributed by atoms with Gasteiger partial charge in [-0.3, -0.25) is 9.98 Å². The quantitative estimate of drug-likeness (QED) is 0.411. The molecule has 2 aromatic carbocycles. The van der Waals surface area contributed by atoms with Gasteiger partial charge in [0, 0.05) is 12.4 Å². The summed E-state index contributed by atoms with van der Waals surface area (Å²) in [5, 5.41) is 23.3. The van der Waals surface area contributed by atoms with E-state index in [-0.39, 0.29) is 28.6 Å². The molecule has 0 aliphatic carbocycles. The predicted molar refractivity (Wildman–Crippen MR) is 89.8 cm³/mol. The van der Waals surface area contributed by atoms with E-state index in [1.807, 2.05) is 0 Å². The molecule has 7 heteroatoms. The zero-order valence-electron chi connectivity index (χ0n) is 13.9. The fourth-order valence-corrected chi connectivity index (χ4v) is 1.95. The van der Waals surface area contributed by atoms with Gasteiger partial charge in [0.1, 0.15) is 11.5 Å². The molecule has 2 aromatic rings. The van der Waals surface area contributed by atoms with Crippen molar-refractivity contribution in [1.82, 2.24) is 0 Å². The Balaban J connectivity index is 0.00000312. The number of rotatable bonds is 7. The molecule has 0 aliphatic rings. The van der Waals surface area contributed by atoms with Crippen molar-refractivity contribution < 1.29 is 36.8 Å². The first-order valence-corrected chi connectivity index (χ1v) is 7.34. The third-order valence-electron chi connectivity index (χ3n) is 3.25. The molecular formula is C18H18FeN2O4. The molecule has 0 bridgehead atoms. The molecule has 25 heavy (non-hydrogen) atoms. The monoisotopic (exact) mass is 382 g/mol. The summed E-state index contributed by atoms with van der Waals surface area (Å²) < 4.78 is 10.1. The number of benzene rings is 2. The van der Waals surface area contributed by atoms with Crippen LogP contribution in [0.25, 0.3) is 0 Å². The molecule has 0 spiro atoms. The van der Waals surface area contributed by atoms with Gasteiger partial charge in [-0.15, -0.1) is 0 Å². The van der Waals surface area contributed by atoms with E-state index in [0.717, 1.165) is 0 Å². The number of methoxy groups -OCH3 is 2. The van der Waals surface area contributed by atoms with E-state index in [1.54, 1.807) is 24.3 Å². The van der Waals surface area contributed by atoms with Crippen LogP contribution in [0.1, 0.15) is 11.1 Å². The SMILES string of the molecule is COc1ccc([O-])c(C=NCCN=Cc2cc(OC)ccc2[O-])c1.[Fe+2]. The van der Waals surface area contributed by atoms with Crippen LogP contribution < -0.4 is 19.7 Å². The van der Waals surface area contributed by atoms with Gasteiger partial charge in [-0.05, 0) is 35.4 Å². The second-order valence-electron chi connectivity index (χ2n) is 4.88. The van der Waals surface area contributed by atoms with E-state index >= 15 is 0 Å². The summed E-state index contributed by atoms with van der Waals surface area (Å²) in [6.45, 7) is 0.816. The van der Waals surface area contributed by atoms with E-state index in [0.29, 0.717) is 35.7 Å². The number of nitrogens with zero attached hydrogens (tertiary/aromatic N) is 2. The van der Waals surface area contributed by atoms with Crippen LogP contribution in [-0.2, 0) is 17.1 Å². The van der Waals surface area contributed by atoms with Crippen LogP contribution in [0.3, 0.4) is 0 Å². The molecule has 132 valence electrons. The molecule has 0 N–H and O–H groups in total. The Bertz CT molecular complexity index is 684. The summed E-state index contributed by atoms with van der Waals surface area (Å²) in [5.74, 6) is 0.982. The summed E-state index contributed by atoms with van der Waals surface area (Å²) in [6, 6.07) is 9.37. The number of hydrogen-bond acceptors (Lipinski definition) is 6. The Kier molecular flexibility index (Phi) is 8.53. The third-order valence-corrected chi connectivity index (χ3v) is 3.25. The van der Waals surface area contributed by atoms with Crippen molar-refractivity contribution in [3.8, 4) is 23.0 Å². The minimum atomic E-state index is -0.115. The van der Waals surface area contributed by atoms with E-state index in [9.17, 15) is 10.2 Å². The van der Waals surface area contributed by atoms with Crippen molar-refractivity contribution >= 4 is 12.4 Å². The molecule has 0 unspecified atom stereocenters. The Morgan fingerprint density at radius 2 is 1.20 bits per heavy atom. The second kappa shape index (κ2) is 10.4. The van der Waals surface area contributed by atoms with Crippen molar-refractivity contribution in [1.29, 1.82) is 0 Å². The number of ether oxygens (including phenoxy) is 2. The molecule has 2 rings (SSSR count). The van der Waals surface area contributed by atoms with Crippen LogP contribution in [0.2, 0.25) is 0 Å². The summed E-state index contributed by atoms with van der Waals surface area (Å²) >= 11 is 0. The average Bonchev–Trinajstić information content (AvgIpc) is 2.60. The van der Waals surface area contributed by atoms with Crippen molar-refractivity contribution in [2.75, 3.05) is 27.3 Å². The Morgan fingerprint density at radius 1 is 0.800 bits per heavy atom. The summed E-state index contributed by atoms with van der Waals surface area (Å²) in [5.41, 5.74) is 0.931. The van der Waals surface area contributed by atoms with E-state index in [1.165, 1.54) is 38.8 Å². The van der Waals surface area contributed by atoms with E-state index in [2.05, 4.69) is 9.98 Å². The Morgan fingerprint density at radius 3 is 1.56 bits per heavy atom. The van der Waals surface area contributed by atoms with Crippen LogP contribution in [0.5, 0.6) is 23.0 Å². The fraction of sp³-hybridized carbons (Fsp3) is 0.222. The third kappa shape index (κ3) is 6.14. The molecule has 0 aliphatic heterocycles. The van der Waals surface area contributed by atoms with E-state index < -0.39 is 0 Å². The maximum absolute atomic E-state index is 11.7. The van der Waals surface area contributed by atoms with Gasteiger partial charge in [0.05, 0.1) is 27.3 Å². The van der Waals surface area contributed by atoms with Gasteiger partial charge in [0.25, 0.3) is 0 Å². The van der Waals surface area contributed by atoms with Crippen LogP contribution in [0, 0.1) is 0 Å². The zero-order valence-corrected chi connectivity index (χ0v) is 15.0. The van der Waals surface area contributed by atoms with Crippen molar-refractivity contribution in [3.05, 3.63) is 47.5 Å². The Labute approximate surface area is 157 Å². The topological polar surface area (TPSA) is 89.3 Å².